The van der Waals surface area contributed by atoms with Gasteiger partial charge in [-0.15, -0.1) is 18.8 Å². The number of carbonyl (C=O) groups excluding carboxylic acids is 1. The fraction of sp³-hybridized carbons (Fsp3) is 0.667. The first-order chi connectivity index (χ1) is 6.15. The summed E-state index contributed by atoms with van der Waals surface area (Å²) in [5.41, 5.74) is 5.14. The number of nitrogens with two attached hydrogens (primary N) is 1. The fourth-order valence-corrected chi connectivity index (χ4v) is 1.55. The highest BCUT2D eigenvalue weighted by atomic mass is 35.5. The van der Waals surface area contributed by atoms with Crippen molar-refractivity contribution in [3.63, 3.8) is 0 Å². The van der Waals surface area contributed by atoms with Gasteiger partial charge in [0.2, 0.25) is 5.91 Å². The van der Waals surface area contributed by atoms with Crippen molar-refractivity contribution < 1.29 is 9.90 Å². The number of terminal acetylenes is 1. The van der Waals surface area contributed by atoms with Crippen molar-refractivity contribution in [1.82, 2.24) is 4.90 Å². The van der Waals surface area contributed by atoms with Crippen LogP contribution in [0, 0.1) is 18.3 Å². The van der Waals surface area contributed by atoms with Crippen LogP contribution in [0.1, 0.15) is 12.8 Å². The van der Waals surface area contributed by atoms with Gasteiger partial charge in [-0.05, 0) is 12.8 Å². The van der Waals surface area contributed by atoms with Gasteiger partial charge in [-0.3, -0.25) is 9.69 Å². The summed E-state index contributed by atoms with van der Waals surface area (Å²) >= 11 is 0. The lowest BCUT2D eigenvalue weighted by Gasteiger charge is -2.33. The second-order valence-corrected chi connectivity index (χ2v) is 3.28. The number of halogens is 1. The van der Waals surface area contributed by atoms with E-state index in [0.717, 1.165) is 0 Å². The van der Waals surface area contributed by atoms with E-state index in [2.05, 4.69) is 5.92 Å². The second-order valence-electron chi connectivity index (χ2n) is 3.28. The average molecular weight is 219 g/mol. The summed E-state index contributed by atoms with van der Waals surface area (Å²) in [7, 11) is 0. The van der Waals surface area contributed by atoms with Crippen LogP contribution in [0.15, 0.2) is 0 Å². The molecule has 1 saturated heterocycles. The van der Waals surface area contributed by atoms with Gasteiger partial charge >= 0.3 is 0 Å². The fourth-order valence-electron chi connectivity index (χ4n) is 1.55. The van der Waals surface area contributed by atoms with Crippen molar-refractivity contribution >= 4 is 18.3 Å². The number of rotatable bonds is 2. The van der Waals surface area contributed by atoms with Crippen LogP contribution in [0.2, 0.25) is 0 Å². The molecule has 1 amide bonds. The first-order valence-electron chi connectivity index (χ1n) is 4.30. The molecule has 5 heteroatoms. The van der Waals surface area contributed by atoms with E-state index in [1.165, 1.54) is 0 Å². The topological polar surface area (TPSA) is 66.6 Å². The Hall–Kier alpha value is -0.760. The van der Waals surface area contributed by atoms with E-state index in [1.807, 2.05) is 0 Å². The second kappa shape index (κ2) is 5.86. The Labute approximate surface area is 89.9 Å². The van der Waals surface area contributed by atoms with E-state index < -0.39 is 6.23 Å². The highest BCUT2D eigenvalue weighted by molar-refractivity contribution is 5.85. The van der Waals surface area contributed by atoms with Crippen LogP contribution < -0.4 is 5.73 Å². The van der Waals surface area contributed by atoms with Crippen LogP contribution in [-0.4, -0.2) is 35.2 Å². The number of piperidine rings is 1. The molecule has 2 unspecified atom stereocenters. The SMILES string of the molecule is C#CCN1CCC(C(N)=O)CC1O.Cl. The molecule has 0 aromatic rings. The number of hydrogen-bond donors (Lipinski definition) is 2. The van der Waals surface area contributed by atoms with Crippen LogP contribution >= 0.6 is 12.4 Å². The summed E-state index contributed by atoms with van der Waals surface area (Å²) in [6, 6.07) is 0. The minimum atomic E-state index is -0.623. The van der Waals surface area contributed by atoms with E-state index in [4.69, 9.17) is 12.2 Å². The number of aliphatic hydroxyl groups is 1. The molecule has 1 fully saturated rings. The molecular weight excluding hydrogens is 204 g/mol. The third kappa shape index (κ3) is 3.18. The van der Waals surface area contributed by atoms with Gasteiger partial charge < -0.3 is 10.8 Å². The third-order valence-corrected chi connectivity index (χ3v) is 2.38. The molecule has 80 valence electrons. The number of primary amides is 1. The zero-order valence-electron chi connectivity index (χ0n) is 7.85. The van der Waals surface area contributed by atoms with Crippen molar-refractivity contribution in [2.24, 2.45) is 11.7 Å². The predicted molar refractivity (Wildman–Crippen MR) is 55.6 cm³/mol. The summed E-state index contributed by atoms with van der Waals surface area (Å²) in [6.07, 6.45) is 5.59. The van der Waals surface area contributed by atoms with E-state index in [-0.39, 0.29) is 24.2 Å². The van der Waals surface area contributed by atoms with Crippen molar-refractivity contribution in [2.75, 3.05) is 13.1 Å². The van der Waals surface area contributed by atoms with Gasteiger partial charge in [-0.25, -0.2) is 0 Å². The lowest BCUT2D eigenvalue weighted by atomic mass is 9.95. The van der Waals surface area contributed by atoms with Crippen molar-refractivity contribution in [2.45, 2.75) is 19.1 Å². The molecule has 1 rings (SSSR count). The quantitative estimate of drug-likeness (QED) is 0.618. The highest BCUT2D eigenvalue weighted by Gasteiger charge is 2.29. The number of carbonyl (C=O) groups is 1. The Morgan fingerprint density at radius 2 is 2.36 bits per heavy atom. The smallest absolute Gasteiger partial charge is 0.220 e. The van der Waals surface area contributed by atoms with Crippen LogP contribution in [-0.2, 0) is 4.79 Å². The summed E-state index contributed by atoms with van der Waals surface area (Å²) in [4.78, 5) is 12.6. The number of hydrogen-bond acceptors (Lipinski definition) is 3. The molecule has 0 aromatic carbocycles. The number of amides is 1. The minimum absolute atomic E-state index is 0. The lowest BCUT2D eigenvalue weighted by Crippen LogP contribution is -2.45. The van der Waals surface area contributed by atoms with Crippen LogP contribution in [0.4, 0.5) is 0 Å². The van der Waals surface area contributed by atoms with Crippen LogP contribution in [0.3, 0.4) is 0 Å². The van der Waals surface area contributed by atoms with Crippen LogP contribution in [0.5, 0.6) is 0 Å². The minimum Gasteiger partial charge on any atom is -0.378 e. The molecule has 1 aliphatic heterocycles. The molecule has 0 saturated carbocycles. The summed E-state index contributed by atoms with van der Waals surface area (Å²) in [5.74, 6) is 1.92. The van der Waals surface area contributed by atoms with Crippen molar-refractivity contribution in [3.05, 3.63) is 0 Å². The first-order valence-corrected chi connectivity index (χ1v) is 4.30. The molecule has 1 heterocycles. The molecular formula is C9H15ClN2O2. The Morgan fingerprint density at radius 1 is 1.71 bits per heavy atom. The Kier molecular flexibility index (Phi) is 5.55. The van der Waals surface area contributed by atoms with Gasteiger partial charge in [-0.2, -0.15) is 0 Å². The number of nitrogens with zero attached hydrogens (tertiary/aromatic N) is 1. The normalized spacial score (nSPS) is 27.4. The number of aliphatic hydroxyl groups excluding tert-OH is 1. The summed E-state index contributed by atoms with van der Waals surface area (Å²) in [6.45, 7) is 1.06. The average Bonchev–Trinajstić information content (AvgIpc) is 2.08. The molecule has 0 spiro atoms. The van der Waals surface area contributed by atoms with Gasteiger partial charge in [-0.1, -0.05) is 5.92 Å². The predicted octanol–water partition coefficient (Wildman–Crippen LogP) is -0.443. The number of likely N-dealkylation sites (tertiary alicyclic amines) is 1. The van der Waals surface area contributed by atoms with Crippen molar-refractivity contribution in [1.29, 1.82) is 0 Å². The molecule has 3 N–H and O–H groups in total. The summed E-state index contributed by atoms with van der Waals surface area (Å²) in [5, 5.41) is 9.54. The van der Waals surface area contributed by atoms with E-state index in [1.54, 1.807) is 4.90 Å². The maximum absolute atomic E-state index is 10.8. The standard InChI is InChI=1S/C9H14N2O2.ClH/c1-2-4-11-5-3-7(9(10)13)6-8(11)12;/h1,7-8,12H,3-6H2,(H2,10,13);1H. The van der Waals surface area contributed by atoms with E-state index in [0.29, 0.717) is 25.9 Å². The molecule has 4 nitrogen and oxygen atoms in total. The summed E-state index contributed by atoms with van der Waals surface area (Å²) < 4.78 is 0. The zero-order chi connectivity index (χ0) is 9.84. The Balaban J connectivity index is 0.00000169. The molecule has 0 aromatic heterocycles. The molecule has 14 heavy (non-hydrogen) atoms. The van der Waals surface area contributed by atoms with Gasteiger partial charge in [0.1, 0.15) is 6.23 Å². The Morgan fingerprint density at radius 3 is 2.79 bits per heavy atom. The van der Waals surface area contributed by atoms with Crippen molar-refractivity contribution in [3.8, 4) is 12.3 Å². The van der Waals surface area contributed by atoms with E-state index >= 15 is 0 Å². The highest BCUT2D eigenvalue weighted by Crippen LogP contribution is 2.20. The molecule has 0 aliphatic carbocycles. The molecule has 1 aliphatic rings. The van der Waals surface area contributed by atoms with Gasteiger partial charge in [0.05, 0.1) is 6.54 Å². The zero-order valence-corrected chi connectivity index (χ0v) is 8.67. The molecule has 0 bridgehead atoms. The first kappa shape index (κ1) is 13.2. The molecule has 0 radical (unpaired) electrons. The van der Waals surface area contributed by atoms with Crippen LogP contribution in [0.25, 0.3) is 0 Å². The van der Waals surface area contributed by atoms with Gasteiger partial charge in [0.25, 0.3) is 0 Å². The maximum Gasteiger partial charge on any atom is 0.220 e. The third-order valence-electron chi connectivity index (χ3n) is 2.38. The molecule has 2 atom stereocenters. The Bertz CT molecular complexity index is 239. The monoisotopic (exact) mass is 218 g/mol. The van der Waals surface area contributed by atoms with Gasteiger partial charge in [0, 0.05) is 12.5 Å². The van der Waals surface area contributed by atoms with Gasteiger partial charge in [0.15, 0.2) is 0 Å². The lowest BCUT2D eigenvalue weighted by molar-refractivity contribution is -0.127. The largest absolute Gasteiger partial charge is 0.378 e. The maximum atomic E-state index is 10.8. The van der Waals surface area contributed by atoms with E-state index in [9.17, 15) is 9.90 Å².